The van der Waals surface area contributed by atoms with Crippen molar-refractivity contribution in [1.29, 1.82) is 0 Å². The van der Waals surface area contributed by atoms with E-state index in [0.717, 1.165) is 19.3 Å². The molecular formula is C27H46O6. The predicted molar refractivity (Wildman–Crippen MR) is 125 cm³/mol. The van der Waals surface area contributed by atoms with Crippen molar-refractivity contribution in [2.45, 2.75) is 122 Å². The predicted octanol–water partition coefficient (Wildman–Crippen LogP) is 2.82. The molecule has 6 nitrogen and oxygen atoms in total. The Morgan fingerprint density at radius 2 is 1.76 bits per heavy atom. The van der Waals surface area contributed by atoms with Gasteiger partial charge >= 0.3 is 0 Å². The summed E-state index contributed by atoms with van der Waals surface area (Å²) in [5.41, 5.74) is -2.55. The maximum absolute atomic E-state index is 13.3. The van der Waals surface area contributed by atoms with E-state index in [9.17, 15) is 30.3 Å². The van der Waals surface area contributed by atoms with Gasteiger partial charge in [0.05, 0.1) is 29.5 Å². The number of fused-ring (bicyclic) bond motifs is 5. The molecule has 0 heterocycles. The van der Waals surface area contributed by atoms with Crippen LogP contribution in [0.25, 0.3) is 0 Å². The van der Waals surface area contributed by atoms with E-state index in [1.54, 1.807) is 13.8 Å². The number of ketones is 1. The van der Waals surface area contributed by atoms with Gasteiger partial charge in [0.15, 0.2) is 0 Å². The van der Waals surface area contributed by atoms with Crippen LogP contribution >= 0.6 is 0 Å². The summed E-state index contributed by atoms with van der Waals surface area (Å²) in [7, 11) is 0. The molecule has 0 radical (unpaired) electrons. The number of aliphatic hydroxyl groups excluding tert-OH is 3. The third kappa shape index (κ3) is 3.92. The number of Topliss-reactive ketones (excluding diaryl/α,β-unsaturated/α-hetero) is 1. The Morgan fingerprint density at radius 1 is 1.09 bits per heavy atom. The van der Waals surface area contributed by atoms with Gasteiger partial charge < -0.3 is 25.5 Å². The van der Waals surface area contributed by atoms with E-state index in [0.29, 0.717) is 38.5 Å². The fraction of sp³-hybridized carbons (Fsp3) is 0.963. The number of aliphatic hydroxyl groups is 5. The third-order valence-corrected chi connectivity index (χ3v) is 11.0. The zero-order chi connectivity index (χ0) is 24.6. The van der Waals surface area contributed by atoms with E-state index in [-0.39, 0.29) is 40.8 Å². The molecule has 5 N–H and O–H groups in total. The molecule has 190 valence electrons. The molecule has 0 bridgehead atoms. The van der Waals surface area contributed by atoms with Gasteiger partial charge in [-0.25, -0.2) is 0 Å². The van der Waals surface area contributed by atoms with Crippen molar-refractivity contribution in [1.82, 2.24) is 0 Å². The van der Waals surface area contributed by atoms with Gasteiger partial charge in [-0.3, -0.25) is 4.79 Å². The van der Waals surface area contributed by atoms with Gasteiger partial charge in [0, 0.05) is 12.3 Å². The van der Waals surface area contributed by atoms with Gasteiger partial charge in [0.2, 0.25) is 0 Å². The molecule has 3 unspecified atom stereocenters. The summed E-state index contributed by atoms with van der Waals surface area (Å²) in [6.45, 7) is 9.86. The summed E-state index contributed by atoms with van der Waals surface area (Å²) in [4.78, 5) is 13.3. The van der Waals surface area contributed by atoms with Crippen molar-refractivity contribution >= 4 is 5.78 Å². The first-order valence-electron chi connectivity index (χ1n) is 13.2. The van der Waals surface area contributed by atoms with E-state index >= 15 is 0 Å². The fourth-order valence-corrected chi connectivity index (χ4v) is 8.94. The van der Waals surface area contributed by atoms with Crippen LogP contribution in [0.3, 0.4) is 0 Å². The Morgan fingerprint density at radius 3 is 2.39 bits per heavy atom. The van der Waals surface area contributed by atoms with Crippen LogP contribution < -0.4 is 0 Å². The molecule has 0 spiro atoms. The number of hydrogen-bond donors (Lipinski definition) is 5. The average Bonchev–Trinajstić information content (AvgIpc) is 2.99. The molecule has 0 aromatic rings. The Labute approximate surface area is 198 Å². The molecule has 0 aliphatic heterocycles. The van der Waals surface area contributed by atoms with Crippen LogP contribution in [0.15, 0.2) is 0 Å². The zero-order valence-electron chi connectivity index (χ0n) is 21.1. The minimum Gasteiger partial charge on any atom is -0.393 e. The van der Waals surface area contributed by atoms with Crippen LogP contribution in [0.5, 0.6) is 0 Å². The number of carbonyl (C=O) groups is 1. The first-order valence-corrected chi connectivity index (χ1v) is 13.2. The van der Waals surface area contributed by atoms with E-state index in [4.69, 9.17) is 0 Å². The lowest BCUT2D eigenvalue weighted by molar-refractivity contribution is -0.220. The number of rotatable bonds is 5. The highest BCUT2D eigenvalue weighted by atomic mass is 16.3. The maximum Gasteiger partial charge on any atom is 0.137 e. The second kappa shape index (κ2) is 8.26. The largest absolute Gasteiger partial charge is 0.393 e. The highest BCUT2D eigenvalue weighted by Gasteiger charge is 2.69. The van der Waals surface area contributed by atoms with Crippen LogP contribution in [-0.4, -0.2) is 60.8 Å². The van der Waals surface area contributed by atoms with Gasteiger partial charge in [-0.05, 0) is 99.7 Å². The molecule has 0 aromatic heterocycles. The highest BCUT2D eigenvalue weighted by Crippen LogP contribution is 2.69. The second-order valence-corrected chi connectivity index (χ2v) is 13.3. The lowest BCUT2D eigenvalue weighted by atomic mass is 9.42. The van der Waals surface area contributed by atoms with Gasteiger partial charge in [0.1, 0.15) is 5.78 Å². The molecule has 4 fully saturated rings. The molecule has 11 atom stereocenters. The molecule has 4 saturated carbocycles. The lowest BCUT2D eigenvalue weighted by Crippen LogP contribution is -2.65. The summed E-state index contributed by atoms with van der Waals surface area (Å²) in [5.74, 6) is 0.0404. The summed E-state index contributed by atoms with van der Waals surface area (Å²) in [6, 6.07) is 0. The van der Waals surface area contributed by atoms with Crippen LogP contribution in [0.2, 0.25) is 0 Å². The van der Waals surface area contributed by atoms with Crippen LogP contribution in [0, 0.1) is 40.4 Å². The molecular weight excluding hydrogens is 420 g/mol. The van der Waals surface area contributed by atoms with Crippen molar-refractivity contribution in [3.8, 4) is 0 Å². The van der Waals surface area contributed by atoms with Crippen molar-refractivity contribution in [3.05, 3.63) is 0 Å². The number of carbonyl (C=O) groups excluding carboxylic acids is 1. The molecule has 4 aliphatic rings. The molecule has 4 aliphatic carbocycles. The van der Waals surface area contributed by atoms with Gasteiger partial charge in [-0.15, -0.1) is 0 Å². The minimum atomic E-state index is -0.963. The Balaban J connectivity index is 1.58. The smallest absolute Gasteiger partial charge is 0.137 e. The standard InChI is InChI=1S/C27H46O6/c1-15(20(28)8-9-24(2,3)32)16-7-11-27(33)18-12-21(29)19-13-22(30)23(31)14-25(19,4)17(18)6-10-26(16,27)5/h15-20,22-23,28,30-33H,6-14H2,1-5H3/t15?,16-,17?,18?,19+,20-,22-,23+,25-,26-,27-/m1/s1. The van der Waals surface area contributed by atoms with Crippen molar-refractivity contribution < 1.29 is 30.3 Å². The average molecular weight is 467 g/mol. The monoisotopic (exact) mass is 466 g/mol. The first kappa shape index (κ1) is 25.6. The molecule has 0 saturated heterocycles. The summed E-state index contributed by atoms with van der Waals surface area (Å²) >= 11 is 0. The molecule has 0 aromatic carbocycles. The first-order chi connectivity index (χ1) is 15.1. The van der Waals surface area contributed by atoms with Crippen molar-refractivity contribution in [2.24, 2.45) is 40.4 Å². The summed E-state index contributed by atoms with van der Waals surface area (Å²) < 4.78 is 0. The fourth-order valence-electron chi connectivity index (χ4n) is 8.94. The normalized spacial score (nSPS) is 49.7. The van der Waals surface area contributed by atoms with E-state index < -0.39 is 34.9 Å². The van der Waals surface area contributed by atoms with Gasteiger partial charge in [-0.1, -0.05) is 20.8 Å². The second-order valence-electron chi connectivity index (χ2n) is 13.3. The molecule has 33 heavy (non-hydrogen) atoms. The third-order valence-electron chi connectivity index (χ3n) is 11.0. The van der Waals surface area contributed by atoms with Gasteiger partial charge in [0.25, 0.3) is 0 Å². The Hall–Kier alpha value is -0.530. The highest BCUT2D eigenvalue weighted by molar-refractivity contribution is 5.83. The van der Waals surface area contributed by atoms with Crippen LogP contribution in [-0.2, 0) is 4.79 Å². The SMILES string of the molecule is CC([C@H](O)CCC(C)(C)O)[C@H]1CC[C@@]2(O)C3CC(=O)[C@@H]4C[C@@H](O)[C@@H](O)C[C@]4(C)C3CC[C@]12C. The molecule has 4 rings (SSSR count). The zero-order valence-corrected chi connectivity index (χ0v) is 21.1. The maximum atomic E-state index is 13.3. The van der Waals surface area contributed by atoms with E-state index in [1.807, 2.05) is 0 Å². The van der Waals surface area contributed by atoms with Crippen molar-refractivity contribution in [3.63, 3.8) is 0 Å². The molecule has 0 amide bonds. The van der Waals surface area contributed by atoms with E-state index in [1.165, 1.54) is 0 Å². The Kier molecular flexibility index (Phi) is 6.40. The minimum absolute atomic E-state index is 0.00259. The quantitative estimate of drug-likeness (QED) is 0.425. The topological polar surface area (TPSA) is 118 Å². The van der Waals surface area contributed by atoms with Crippen LogP contribution in [0.1, 0.15) is 92.4 Å². The van der Waals surface area contributed by atoms with Gasteiger partial charge in [-0.2, -0.15) is 0 Å². The lowest BCUT2D eigenvalue weighted by Gasteiger charge is -2.63. The summed E-state index contributed by atoms with van der Waals surface area (Å²) in [6.07, 6.45) is 3.14. The number of hydrogen-bond acceptors (Lipinski definition) is 6. The Bertz CT molecular complexity index is 762. The molecule has 6 heteroatoms. The van der Waals surface area contributed by atoms with Crippen LogP contribution in [0.4, 0.5) is 0 Å². The summed E-state index contributed by atoms with van der Waals surface area (Å²) in [5, 5.41) is 54.0. The van der Waals surface area contributed by atoms with Crippen molar-refractivity contribution in [2.75, 3.05) is 0 Å². The van der Waals surface area contributed by atoms with E-state index in [2.05, 4.69) is 20.8 Å².